The maximum absolute atomic E-state index is 11.6. The molecule has 1 atom stereocenters. The third-order valence-electron chi connectivity index (χ3n) is 1.42. The zero-order valence-corrected chi connectivity index (χ0v) is 7.67. The third-order valence-corrected chi connectivity index (χ3v) is 1.69. The fourth-order valence-corrected chi connectivity index (χ4v) is 0.930. The predicted octanol–water partition coefficient (Wildman–Crippen LogP) is 2.55. The van der Waals surface area contributed by atoms with E-state index in [9.17, 15) is 13.2 Å². The van der Waals surface area contributed by atoms with Crippen molar-refractivity contribution in [3.63, 3.8) is 0 Å². The maximum atomic E-state index is 11.6. The largest absolute Gasteiger partial charge is 0.401 e. The van der Waals surface area contributed by atoms with Crippen LogP contribution in [0.3, 0.4) is 0 Å². The molecule has 0 radical (unpaired) electrons. The molecular weight excluding hydrogens is 191 g/mol. The first-order valence-electron chi connectivity index (χ1n) is 3.82. The van der Waals surface area contributed by atoms with Crippen LogP contribution in [0.25, 0.3) is 0 Å². The second-order valence-corrected chi connectivity index (χ2v) is 3.11. The maximum Gasteiger partial charge on any atom is 0.401 e. The first-order chi connectivity index (χ1) is 5.45. The first-order valence-corrected chi connectivity index (χ1v) is 4.35. The normalized spacial score (nSPS) is 14.8. The Labute approximate surface area is 75.3 Å². The minimum Gasteiger partial charge on any atom is -0.306 e. The van der Waals surface area contributed by atoms with Gasteiger partial charge in [0.1, 0.15) is 0 Å². The topological polar surface area (TPSA) is 12.0 Å². The van der Waals surface area contributed by atoms with Gasteiger partial charge < -0.3 is 5.32 Å². The summed E-state index contributed by atoms with van der Waals surface area (Å²) in [6, 6.07) is -0.120. The molecule has 0 amide bonds. The Morgan fingerprint density at radius 3 is 2.42 bits per heavy atom. The molecule has 0 spiro atoms. The van der Waals surface area contributed by atoms with Crippen LogP contribution < -0.4 is 5.32 Å². The lowest BCUT2D eigenvalue weighted by atomic mass is 10.2. The number of rotatable bonds is 5. The summed E-state index contributed by atoms with van der Waals surface area (Å²) in [5, 5.41) is 2.37. The summed E-state index contributed by atoms with van der Waals surface area (Å²) in [5.74, 6) is 0.498. The van der Waals surface area contributed by atoms with E-state index < -0.39 is 12.7 Å². The van der Waals surface area contributed by atoms with E-state index in [1.165, 1.54) is 0 Å². The summed E-state index contributed by atoms with van der Waals surface area (Å²) in [6.45, 7) is 0.800. The summed E-state index contributed by atoms with van der Waals surface area (Å²) in [6.07, 6.45) is -2.69. The predicted molar refractivity (Wildman–Crippen MR) is 43.5 cm³/mol. The standard InChI is InChI=1S/C7H13ClF3N/c1-6(3-2-4-8)12-5-7(9,10)11/h6,12H,2-5H2,1H3. The second-order valence-electron chi connectivity index (χ2n) is 2.73. The van der Waals surface area contributed by atoms with Crippen molar-refractivity contribution in [2.45, 2.75) is 32.0 Å². The molecule has 1 nitrogen and oxygen atoms in total. The van der Waals surface area contributed by atoms with Gasteiger partial charge in [-0.1, -0.05) is 0 Å². The first kappa shape index (κ1) is 12.0. The van der Waals surface area contributed by atoms with E-state index in [1.807, 2.05) is 0 Å². The second kappa shape index (κ2) is 5.65. The van der Waals surface area contributed by atoms with Gasteiger partial charge in [0.2, 0.25) is 0 Å². The number of alkyl halides is 4. The number of nitrogens with one attached hydrogen (secondary N) is 1. The summed E-state index contributed by atoms with van der Waals surface area (Å²) < 4.78 is 34.9. The van der Waals surface area contributed by atoms with Crippen LogP contribution in [0.15, 0.2) is 0 Å². The molecule has 1 N–H and O–H groups in total. The Kier molecular flexibility index (Phi) is 5.66. The van der Waals surface area contributed by atoms with E-state index in [1.54, 1.807) is 6.92 Å². The molecule has 0 aliphatic carbocycles. The van der Waals surface area contributed by atoms with E-state index >= 15 is 0 Å². The molecule has 0 heterocycles. The molecule has 0 rings (SSSR count). The molecule has 12 heavy (non-hydrogen) atoms. The highest BCUT2D eigenvalue weighted by molar-refractivity contribution is 6.17. The van der Waals surface area contributed by atoms with Crippen LogP contribution in [0.5, 0.6) is 0 Å². The van der Waals surface area contributed by atoms with Crippen molar-refractivity contribution >= 4 is 11.6 Å². The highest BCUT2D eigenvalue weighted by Gasteiger charge is 2.26. The van der Waals surface area contributed by atoms with Gasteiger partial charge in [0.25, 0.3) is 0 Å². The van der Waals surface area contributed by atoms with Crippen molar-refractivity contribution in [1.82, 2.24) is 5.32 Å². The monoisotopic (exact) mass is 203 g/mol. The highest BCUT2D eigenvalue weighted by Crippen LogP contribution is 2.13. The van der Waals surface area contributed by atoms with Crippen LogP contribution >= 0.6 is 11.6 Å². The van der Waals surface area contributed by atoms with Gasteiger partial charge in [0, 0.05) is 11.9 Å². The zero-order valence-electron chi connectivity index (χ0n) is 6.92. The molecule has 0 aromatic rings. The van der Waals surface area contributed by atoms with E-state index in [0.29, 0.717) is 12.3 Å². The third kappa shape index (κ3) is 8.14. The molecular formula is C7H13ClF3N. The Hall–Kier alpha value is 0.0400. The van der Waals surface area contributed by atoms with Gasteiger partial charge in [-0.3, -0.25) is 0 Å². The van der Waals surface area contributed by atoms with Crippen LogP contribution in [0, 0.1) is 0 Å². The van der Waals surface area contributed by atoms with E-state index in [2.05, 4.69) is 5.32 Å². The van der Waals surface area contributed by atoms with Crippen LogP contribution in [-0.2, 0) is 0 Å². The van der Waals surface area contributed by atoms with Crippen LogP contribution in [0.4, 0.5) is 13.2 Å². The average Bonchev–Trinajstić information content (AvgIpc) is 1.95. The van der Waals surface area contributed by atoms with Crippen molar-refractivity contribution in [3.8, 4) is 0 Å². The van der Waals surface area contributed by atoms with Crippen molar-refractivity contribution in [3.05, 3.63) is 0 Å². The van der Waals surface area contributed by atoms with Gasteiger partial charge in [-0.15, -0.1) is 11.6 Å². The van der Waals surface area contributed by atoms with Gasteiger partial charge in [0.15, 0.2) is 0 Å². The van der Waals surface area contributed by atoms with Gasteiger partial charge in [0.05, 0.1) is 6.54 Å². The van der Waals surface area contributed by atoms with Crippen LogP contribution in [0.1, 0.15) is 19.8 Å². The number of hydrogen-bond acceptors (Lipinski definition) is 1. The molecule has 0 saturated carbocycles. The van der Waals surface area contributed by atoms with Crippen molar-refractivity contribution < 1.29 is 13.2 Å². The lowest BCUT2D eigenvalue weighted by molar-refractivity contribution is -0.126. The molecule has 0 fully saturated rings. The van der Waals surface area contributed by atoms with Gasteiger partial charge >= 0.3 is 6.18 Å². The Bertz CT molecular complexity index is 116. The lowest BCUT2D eigenvalue weighted by Gasteiger charge is -2.14. The summed E-state index contributed by atoms with van der Waals surface area (Å²) in [5.41, 5.74) is 0. The molecule has 74 valence electrons. The van der Waals surface area contributed by atoms with E-state index in [0.717, 1.165) is 6.42 Å². The van der Waals surface area contributed by atoms with Crippen LogP contribution in [0.2, 0.25) is 0 Å². The Morgan fingerprint density at radius 2 is 2.00 bits per heavy atom. The Balaban J connectivity index is 3.37. The molecule has 0 aromatic carbocycles. The van der Waals surface area contributed by atoms with Crippen molar-refractivity contribution in [2.75, 3.05) is 12.4 Å². The lowest BCUT2D eigenvalue weighted by Crippen LogP contribution is -2.35. The molecule has 0 bridgehead atoms. The minimum absolute atomic E-state index is 0.120. The summed E-state index contributed by atoms with van der Waals surface area (Å²) in [7, 11) is 0. The zero-order chi connectivity index (χ0) is 9.61. The summed E-state index contributed by atoms with van der Waals surface area (Å²) >= 11 is 5.39. The van der Waals surface area contributed by atoms with Gasteiger partial charge in [-0.25, -0.2) is 0 Å². The number of halogens is 4. The van der Waals surface area contributed by atoms with Gasteiger partial charge in [-0.2, -0.15) is 13.2 Å². The number of hydrogen-bond donors (Lipinski definition) is 1. The highest BCUT2D eigenvalue weighted by atomic mass is 35.5. The molecule has 0 aliphatic rings. The summed E-state index contributed by atoms with van der Waals surface area (Å²) in [4.78, 5) is 0. The fourth-order valence-electron chi connectivity index (χ4n) is 0.775. The Morgan fingerprint density at radius 1 is 1.42 bits per heavy atom. The van der Waals surface area contributed by atoms with Gasteiger partial charge in [-0.05, 0) is 19.8 Å². The van der Waals surface area contributed by atoms with Crippen LogP contribution in [-0.4, -0.2) is 24.6 Å². The molecule has 5 heteroatoms. The minimum atomic E-state index is -4.12. The molecule has 1 unspecified atom stereocenters. The van der Waals surface area contributed by atoms with E-state index in [4.69, 9.17) is 11.6 Å². The van der Waals surface area contributed by atoms with Crippen molar-refractivity contribution in [1.29, 1.82) is 0 Å². The average molecular weight is 204 g/mol. The molecule has 0 aliphatic heterocycles. The molecule has 0 aromatic heterocycles. The van der Waals surface area contributed by atoms with Crippen molar-refractivity contribution in [2.24, 2.45) is 0 Å². The fraction of sp³-hybridized carbons (Fsp3) is 1.00. The SMILES string of the molecule is CC(CCCCl)NCC(F)(F)F. The molecule has 0 saturated heterocycles. The quantitative estimate of drug-likeness (QED) is 0.678. The smallest absolute Gasteiger partial charge is 0.306 e. The van der Waals surface area contributed by atoms with E-state index in [-0.39, 0.29) is 6.04 Å².